The summed E-state index contributed by atoms with van der Waals surface area (Å²) in [6.07, 6.45) is 7.85. The van der Waals surface area contributed by atoms with Crippen molar-refractivity contribution in [3.8, 4) is 11.3 Å². The number of benzene rings is 2. The molecule has 3 aromatic heterocycles. The van der Waals surface area contributed by atoms with Crippen molar-refractivity contribution in [2.75, 3.05) is 44.3 Å². The van der Waals surface area contributed by atoms with E-state index >= 15 is 4.39 Å². The lowest BCUT2D eigenvalue weighted by atomic mass is 9.89. The third-order valence-electron chi connectivity index (χ3n) is 8.49. The Morgan fingerprint density at radius 3 is 2.52 bits per heavy atom. The molecule has 0 unspecified atom stereocenters. The van der Waals surface area contributed by atoms with Crippen molar-refractivity contribution in [3.05, 3.63) is 60.7 Å². The second-order valence-electron chi connectivity index (χ2n) is 11.0. The lowest BCUT2D eigenvalue weighted by molar-refractivity contribution is 0.0816. The number of nitrogens with one attached hydrogen (secondary N) is 1. The molecule has 1 saturated carbocycles. The molecule has 10 heteroatoms. The molecule has 2 aliphatic rings. The van der Waals surface area contributed by atoms with E-state index in [9.17, 15) is 0 Å². The summed E-state index contributed by atoms with van der Waals surface area (Å²) in [5.41, 5.74) is 10.8. The number of nitrogens with zero attached hydrogens (tertiary/aromatic N) is 6. The van der Waals surface area contributed by atoms with Crippen LogP contribution in [0.4, 0.5) is 21.8 Å². The Hall–Kier alpha value is -4.02. The highest BCUT2D eigenvalue weighted by molar-refractivity contribution is 6.01. The van der Waals surface area contributed by atoms with Crippen LogP contribution in [0.2, 0.25) is 0 Å². The third kappa shape index (κ3) is 4.56. The summed E-state index contributed by atoms with van der Waals surface area (Å²) in [7, 11) is 2.20. The minimum atomic E-state index is -0.428. The van der Waals surface area contributed by atoms with E-state index in [2.05, 4.69) is 36.8 Å². The van der Waals surface area contributed by atoms with Gasteiger partial charge < -0.3 is 20.4 Å². The lowest BCUT2D eigenvalue weighted by Crippen LogP contribution is -2.49. The molecule has 2 aromatic carbocycles. The number of nitrogens with two attached hydrogens (primary N) is 1. The zero-order valence-corrected chi connectivity index (χ0v) is 22.6. The first-order valence-electron chi connectivity index (χ1n) is 14.0. The summed E-state index contributed by atoms with van der Waals surface area (Å²) >= 11 is 0. The predicted molar refractivity (Wildman–Crippen MR) is 155 cm³/mol. The van der Waals surface area contributed by atoms with Crippen molar-refractivity contribution in [2.24, 2.45) is 0 Å². The normalized spacial score (nSPS) is 20.9. The number of halogens is 1. The first-order valence-corrected chi connectivity index (χ1v) is 14.0. The van der Waals surface area contributed by atoms with Crippen LogP contribution in [-0.2, 0) is 0 Å². The van der Waals surface area contributed by atoms with Gasteiger partial charge >= 0.3 is 0 Å². The van der Waals surface area contributed by atoms with Gasteiger partial charge in [-0.3, -0.25) is 14.6 Å². The van der Waals surface area contributed by atoms with Gasteiger partial charge in [-0.25, -0.2) is 4.39 Å². The molecule has 3 N–H and O–H groups in total. The minimum absolute atomic E-state index is 0.241. The number of likely N-dealkylation sites (N-methyl/N-ethyl adjacent to an activating group) is 1. The smallest absolute Gasteiger partial charge is 0.300 e. The molecule has 0 amide bonds. The molecular weight excluding hydrogens is 507 g/mol. The van der Waals surface area contributed by atoms with Crippen molar-refractivity contribution in [3.63, 3.8) is 0 Å². The van der Waals surface area contributed by atoms with E-state index in [0.29, 0.717) is 34.1 Å². The molecule has 0 atom stereocenters. The zero-order valence-electron chi connectivity index (χ0n) is 22.6. The fourth-order valence-corrected chi connectivity index (χ4v) is 6.25. The molecule has 2 fully saturated rings. The Labute approximate surface area is 231 Å². The van der Waals surface area contributed by atoms with Crippen LogP contribution in [0, 0.1) is 5.82 Å². The minimum Gasteiger partial charge on any atom is -0.423 e. The Morgan fingerprint density at radius 2 is 1.75 bits per heavy atom. The van der Waals surface area contributed by atoms with Gasteiger partial charge in [-0.05, 0) is 57.0 Å². The van der Waals surface area contributed by atoms with Crippen LogP contribution in [0.15, 0.2) is 59.3 Å². The van der Waals surface area contributed by atoms with Crippen LogP contribution in [0.25, 0.3) is 33.3 Å². The maximum Gasteiger partial charge on any atom is 0.300 e. The van der Waals surface area contributed by atoms with E-state index in [0.717, 1.165) is 62.8 Å². The van der Waals surface area contributed by atoms with E-state index in [1.165, 1.54) is 6.07 Å². The molecule has 9 nitrogen and oxygen atoms in total. The Kier molecular flexibility index (Phi) is 6.36. The quantitative estimate of drug-likeness (QED) is 0.304. The predicted octanol–water partition coefficient (Wildman–Crippen LogP) is 5.44. The highest BCUT2D eigenvalue weighted by Crippen LogP contribution is 2.38. The average molecular weight is 541 g/mol. The van der Waals surface area contributed by atoms with Crippen LogP contribution in [0.3, 0.4) is 0 Å². The van der Waals surface area contributed by atoms with E-state index in [1.54, 1.807) is 12.3 Å². The van der Waals surface area contributed by atoms with Gasteiger partial charge in [0.15, 0.2) is 5.58 Å². The van der Waals surface area contributed by atoms with Gasteiger partial charge in [0.25, 0.3) is 6.01 Å². The van der Waals surface area contributed by atoms with Crippen LogP contribution in [0.1, 0.15) is 31.7 Å². The number of nitrogen functional groups attached to an aromatic ring is 1. The molecule has 0 spiro atoms. The fourth-order valence-electron chi connectivity index (χ4n) is 6.25. The number of pyridine rings is 1. The van der Waals surface area contributed by atoms with Gasteiger partial charge in [-0.1, -0.05) is 18.2 Å². The molecule has 1 aliphatic heterocycles. The van der Waals surface area contributed by atoms with Gasteiger partial charge in [-0.2, -0.15) is 10.1 Å². The van der Waals surface area contributed by atoms with Crippen LogP contribution in [-0.4, -0.2) is 68.8 Å². The second-order valence-corrected chi connectivity index (χ2v) is 11.0. The molecule has 206 valence electrons. The summed E-state index contributed by atoms with van der Waals surface area (Å²) in [5.74, 6) is -0.428. The van der Waals surface area contributed by atoms with Gasteiger partial charge in [0.1, 0.15) is 17.0 Å². The number of para-hydroxylation sites is 2. The van der Waals surface area contributed by atoms with E-state index in [4.69, 9.17) is 15.2 Å². The number of hydrogen-bond acceptors (Lipinski definition) is 8. The first kappa shape index (κ1) is 25.0. The maximum atomic E-state index is 15.4. The summed E-state index contributed by atoms with van der Waals surface area (Å²) in [6, 6.07) is 13.6. The number of anilines is 3. The number of aromatic nitrogens is 4. The molecule has 4 heterocycles. The summed E-state index contributed by atoms with van der Waals surface area (Å²) < 4.78 is 23.1. The summed E-state index contributed by atoms with van der Waals surface area (Å²) in [5, 5.41) is 8.81. The number of oxazole rings is 1. The molecule has 7 rings (SSSR count). The average Bonchev–Trinajstić information content (AvgIpc) is 3.57. The van der Waals surface area contributed by atoms with Crippen molar-refractivity contribution >= 4 is 39.4 Å². The SMILES string of the molecule is CN1CCN(C2CCC(n3nc(-c4ccc(Nc5nc6ccccc6o5)c(F)c4)c4c(N)cncc43)CC2)CC1. The molecular formula is C30H33FN8O. The van der Waals surface area contributed by atoms with Crippen molar-refractivity contribution in [1.29, 1.82) is 0 Å². The number of piperazine rings is 1. The topological polar surface area (TPSA) is 101 Å². The van der Waals surface area contributed by atoms with Crippen molar-refractivity contribution < 1.29 is 8.81 Å². The highest BCUT2D eigenvalue weighted by Gasteiger charge is 2.30. The Balaban J connectivity index is 1.15. The van der Waals surface area contributed by atoms with E-state index in [-0.39, 0.29) is 17.7 Å². The number of hydrogen-bond donors (Lipinski definition) is 2. The molecule has 0 bridgehead atoms. The summed E-state index contributed by atoms with van der Waals surface area (Å²) in [4.78, 5) is 13.8. The monoisotopic (exact) mass is 540 g/mol. The number of rotatable bonds is 5. The number of fused-ring (bicyclic) bond motifs is 2. The Bertz CT molecular complexity index is 1630. The summed E-state index contributed by atoms with van der Waals surface area (Å²) in [6.45, 7) is 4.56. The highest BCUT2D eigenvalue weighted by atomic mass is 19.1. The first-order chi connectivity index (χ1) is 19.5. The maximum absolute atomic E-state index is 15.4. The lowest BCUT2D eigenvalue weighted by Gasteiger charge is -2.41. The third-order valence-corrected chi connectivity index (χ3v) is 8.49. The van der Waals surface area contributed by atoms with Crippen LogP contribution >= 0.6 is 0 Å². The van der Waals surface area contributed by atoms with Gasteiger partial charge in [-0.15, -0.1) is 0 Å². The molecule has 0 radical (unpaired) electrons. The Morgan fingerprint density at radius 1 is 0.975 bits per heavy atom. The molecule has 1 aliphatic carbocycles. The van der Waals surface area contributed by atoms with E-state index in [1.807, 2.05) is 36.5 Å². The van der Waals surface area contributed by atoms with E-state index < -0.39 is 5.82 Å². The molecule has 40 heavy (non-hydrogen) atoms. The molecule has 1 saturated heterocycles. The van der Waals surface area contributed by atoms with Crippen LogP contribution < -0.4 is 11.1 Å². The fraction of sp³-hybridized carbons (Fsp3) is 0.367. The second kappa shape index (κ2) is 10.2. The zero-order chi connectivity index (χ0) is 27.2. The van der Waals surface area contributed by atoms with Gasteiger partial charge in [0.2, 0.25) is 0 Å². The molecule has 5 aromatic rings. The van der Waals surface area contributed by atoms with Gasteiger partial charge in [0.05, 0.1) is 40.7 Å². The van der Waals surface area contributed by atoms with Crippen molar-refractivity contribution in [1.82, 2.24) is 29.5 Å². The largest absolute Gasteiger partial charge is 0.423 e. The van der Waals surface area contributed by atoms with Crippen molar-refractivity contribution in [2.45, 2.75) is 37.8 Å². The van der Waals surface area contributed by atoms with Crippen LogP contribution in [0.5, 0.6) is 0 Å². The standard InChI is InChI=1S/C30H33FN8O/c1-37-12-14-38(15-13-37)20-7-9-21(10-8-20)39-26-18-33-17-23(32)28(26)29(36-39)19-6-11-24(22(31)16-19)34-30-35-25-4-2-3-5-27(25)40-30/h2-6,11,16-18,20-21H,7-10,12-15,32H2,1H3,(H,34,35). The van der Waals surface area contributed by atoms with Gasteiger partial charge in [0, 0.05) is 37.8 Å².